The topological polar surface area (TPSA) is 60.1 Å². The van der Waals surface area contributed by atoms with Crippen LogP contribution in [0.5, 0.6) is 0 Å². The minimum atomic E-state index is -0.282. The Morgan fingerprint density at radius 2 is 2.07 bits per heavy atom. The average Bonchev–Trinajstić information content (AvgIpc) is 3.35. The monoisotopic (exact) mass is 405 g/mol. The van der Waals surface area contributed by atoms with Crippen LogP contribution in [0.15, 0.2) is 77.4 Å². The number of hydrogen-bond acceptors (Lipinski definition) is 3. The lowest BCUT2D eigenvalue weighted by Crippen LogP contribution is -2.27. The lowest BCUT2D eigenvalue weighted by Gasteiger charge is -2.16. The van der Waals surface area contributed by atoms with Crippen molar-refractivity contribution < 1.29 is 9.21 Å². The molecule has 4 rings (SSSR count). The van der Waals surface area contributed by atoms with Crippen molar-refractivity contribution in [3.8, 4) is 0 Å². The van der Waals surface area contributed by atoms with Crippen LogP contribution in [-0.2, 0) is 11.3 Å². The van der Waals surface area contributed by atoms with Crippen LogP contribution in [-0.4, -0.2) is 15.5 Å². The number of rotatable bonds is 6. The largest absolute Gasteiger partial charge is 0.465 e. The molecular formula is C23H20ClN3O2. The number of aromatic nitrogens is 2. The van der Waals surface area contributed by atoms with E-state index in [2.05, 4.69) is 9.88 Å². The molecule has 2 aromatic heterocycles. The van der Waals surface area contributed by atoms with Gasteiger partial charge in [0.2, 0.25) is 5.91 Å². The number of fused-ring (bicyclic) bond motifs is 1. The number of halogens is 1. The van der Waals surface area contributed by atoms with Crippen LogP contribution in [0.1, 0.15) is 30.1 Å². The maximum atomic E-state index is 12.4. The maximum absolute atomic E-state index is 12.4. The molecule has 0 unspecified atom stereocenters. The highest BCUT2D eigenvalue weighted by Crippen LogP contribution is 2.23. The second kappa shape index (κ2) is 8.37. The van der Waals surface area contributed by atoms with E-state index in [0.717, 1.165) is 22.4 Å². The first-order chi connectivity index (χ1) is 14.1. The summed E-state index contributed by atoms with van der Waals surface area (Å²) in [4.78, 5) is 17.1. The zero-order valence-corrected chi connectivity index (χ0v) is 16.6. The summed E-state index contributed by atoms with van der Waals surface area (Å²) in [6, 6.07) is 19.0. The standard InChI is InChI=1S/C23H20ClN3O2/c1-16(25-22(28)12-11-19-8-5-13-29-19)23-26-20-9-2-3-10-21(20)27(23)15-17-6-4-7-18(24)14-17/h2-14,16H,15H2,1H3,(H,25,28)/b12-11+/t16-/m1/s1. The molecule has 6 heteroatoms. The third-order valence-corrected chi connectivity index (χ3v) is 4.84. The van der Waals surface area contributed by atoms with Crippen molar-refractivity contribution in [1.29, 1.82) is 0 Å². The molecular weight excluding hydrogens is 386 g/mol. The number of carbonyl (C=O) groups excluding carboxylic acids is 1. The molecule has 0 aliphatic carbocycles. The van der Waals surface area contributed by atoms with Crippen molar-refractivity contribution in [2.75, 3.05) is 0 Å². The van der Waals surface area contributed by atoms with Gasteiger partial charge in [0.15, 0.2) is 0 Å². The first-order valence-corrected chi connectivity index (χ1v) is 9.69. The Labute approximate surface area is 173 Å². The maximum Gasteiger partial charge on any atom is 0.244 e. The fraction of sp³-hybridized carbons (Fsp3) is 0.130. The van der Waals surface area contributed by atoms with E-state index in [9.17, 15) is 4.79 Å². The third kappa shape index (κ3) is 4.41. The Bertz CT molecular complexity index is 1160. The Balaban J connectivity index is 1.61. The smallest absolute Gasteiger partial charge is 0.244 e. The average molecular weight is 406 g/mol. The van der Waals surface area contributed by atoms with Crippen molar-refractivity contribution in [1.82, 2.24) is 14.9 Å². The molecule has 0 bridgehead atoms. The number of imidazole rings is 1. The molecule has 1 amide bonds. The highest BCUT2D eigenvalue weighted by Gasteiger charge is 2.18. The van der Waals surface area contributed by atoms with Gasteiger partial charge in [0.25, 0.3) is 0 Å². The number of benzene rings is 2. The Morgan fingerprint density at radius 3 is 2.86 bits per heavy atom. The van der Waals surface area contributed by atoms with Crippen molar-refractivity contribution >= 4 is 34.6 Å². The molecule has 0 radical (unpaired) electrons. The molecule has 0 saturated heterocycles. The van der Waals surface area contributed by atoms with Crippen LogP contribution >= 0.6 is 11.6 Å². The Morgan fingerprint density at radius 1 is 1.21 bits per heavy atom. The van der Waals surface area contributed by atoms with Crippen molar-refractivity contribution in [3.63, 3.8) is 0 Å². The quantitative estimate of drug-likeness (QED) is 0.447. The summed E-state index contributed by atoms with van der Waals surface area (Å²) in [6.45, 7) is 2.53. The SMILES string of the molecule is C[C@@H](NC(=O)/C=C/c1ccco1)c1nc2ccccc2n1Cc1cccc(Cl)c1. The number of hydrogen-bond donors (Lipinski definition) is 1. The molecule has 0 aliphatic rings. The van der Waals surface area contributed by atoms with E-state index in [4.69, 9.17) is 21.0 Å². The number of carbonyl (C=O) groups is 1. The van der Waals surface area contributed by atoms with Crippen LogP contribution in [0.25, 0.3) is 17.1 Å². The van der Waals surface area contributed by atoms with Gasteiger partial charge in [-0.2, -0.15) is 0 Å². The summed E-state index contributed by atoms with van der Waals surface area (Å²) in [6.07, 6.45) is 4.66. The molecule has 2 heterocycles. The predicted molar refractivity (Wildman–Crippen MR) is 115 cm³/mol. The van der Waals surface area contributed by atoms with Crippen LogP contribution in [0.3, 0.4) is 0 Å². The van der Waals surface area contributed by atoms with E-state index in [1.807, 2.05) is 55.5 Å². The van der Waals surface area contributed by atoms with Gasteiger partial charge >= 0.3 is 0 Å². The molecule has 1 N–H and O–H groups in total. The van der Waals surface area contributed by atoms with Gasteiger partial charge in [-0.05, 0) is 55.0 Å². The van der Waals surface area contributed by atoms with E-state index in [0.29, 0.717) is 17.3 Å². The number of nitrogens with zero attached hydrogens (tertiary/aromatic N) is 2. The molecule has 0 fully saturated rings. The molecule has 0 aliphatic heterocycles. The lowest BCUT2D eigenvalue weighted by molar-refractivity contribution is -0.117. The fourth-order valence-corrected chi connectivity index (χ4v) is 3.49. The minimum absolute atomic E-state index is 0.213. The zero-order chi connectivity index (χ0) is 20.2. The van der Waals surface area contributed by atoms with Gasteiger partial charge in [-0.15, -0.1) is 0 Å². The highest BCUT2D eigenvalue weighted by molar-refractivity contribution is 6.30. The van der Waals surface area contributed by atoms with Crippen LogP contribution < -0.4 is 5.32 Å². The zero-order valence-electron chi connectivity index (χ0n) is 15.9. The summed E-state index contributed by atoms with van der Waals surface area (Å²) in [5.41, 5.74) is 2.96. The second-order valence-electron chi connectivity index (χ2n) is 6.75. The second-order valence-corrected chi connectivity index (χ2v) is 7.19. The van der Waals surface area contributed by atoms with E-state index in [-0.39, 0.29) is 11.9 Å². The summed E-state index contributed by atoms with van der Waals surface area (Å²) in [7, 11) is 0. The third-order valence-electron chi connectivity index (χ3n) is 4.60. The summed E-state index contributed by atoms with van der Waals surface area (Å²) in [5.74, 6) is 1.20. The van der Waals surface area contributed by atoms with E-state index in [1.165, 1.54) is 6.08 Å². The van der Waals surface area contributed by atoms with Crippen molar-refractivity contribution in [2.45, 2.75) is 19.5 Å². The summed E-state index contributed by atoms with van der Waals surface area (Å²) < 4.78 is 7.33. The fourth-order valence-electron chi connectivity index (χ4n) is 3.28. The van der Waals surface area contributed by atoms with Crippen molar-refractivity contribution in [3.05, 3.63) is 95.2 Å². The van der Waals surface area contributed by atoms with Gasteiger partial charge in [-0.3, -0.25) is 4.79 Å². The summed E-state index contributed by atoms with van der Waals surface area (Å²) in [5, 5.41) is 3.67. The van der Waals surface area contributed by atoms with E-state index < -0.39 is 0 Å². The van der Waals surface area contributed by atoms with Gasteiger partial charge in [0.05, 0.1) is 23.3 Å². The van der Waals surface area contributed by atoms with Gasteiger partial charge in [-0.1, -0.05) is 35.9 Å². The van der Waals surface area contributed by atoms with Crippen LogP contribution in [0.2, 0.25) is 5.02 Å². The van der Waals surface area contributed by atoms with Crippen LogP contribution in [0, 0.1) is 0 Å². The number of furan rings is 1. The van der Waals surface area contributed by atoms with E-state index in [1.54, 1.807) is 24.5 Å². The molecule has 1 atom stereocenters. The Kier molecular flexibility index (Phi) is 5.49. The van der Waals surface area contributed by atoms with Crippen LogP contribution in [0.4, 0.5) is 0 Å². The van der Waals surface area contributed by atoms with Gasteiger partial charge in [-0.25, -0.2) is 4.98 Å². The molecule has 29 heavy (non-hydrogen) atoms. The first-order valence-electron chi connectivity index (χ1n) is 9.32. The van der Waals surface area contributed by atoms with Crippen molar-refractivity contribution in [2.24, 2.45) is 0 Å². The van der Waals surface area contributed by atoms with Gasteiger partial charge in [0.1, 0.15) is 11.6 Å². The summed E-state index contributed by atoms with van der Waals surface area (Å²) >= 11 is 6.15. The highest BCUT2D eigenvalue weighted by atomic mass is 35.5. The number of nitrogens with one attached hydrogen (secondary N) is 1. The molecule has 4 aromatic rings. The molecule has 146 valence electrons. The molecule has 0 spiro atoms. The normalized spacial score (nSPS) is 12.5. The predicted octanol–water partition coefficient (Wildman–Crippen LogP) is 5.22. The van der Waals surface area contributed by atoms with Gasteiger partial charge < -0.3 is 14.3 Å². The molecule has 5 nitrogen and oxygen atoms in total. The lowest BCUT2D eigenvalue weighted by atomic mass is 10.2. The molecule has 0 saturated carbocycles. The first kappa shape index (κ1) is 19.0. The Hall–Kier alpha value is -3.31. The van der Waals surface area contributed by atoms with Gasteiger partial charge in [0, 0.05) is 17.6 Å². The molecule has 2 aromatic carbocycles. The van der Waals surface area contributed by atoms with E-state index >= 15 is 0 Å². The number of para-hydroxylation sites is 2. The minimum Gasteiger partial charge on any atom is -0.465 e. The number of amides is 1.